The lowest BCUT2D eigenvalue weighted by molar-refractivity contribution is -0.132. The molecule has 2 unspecified atom stereocenters. The normalized spacial score (nSPS) is 14.7. The van der Waals surface area contributed by atoms with E-state index < -0.39 is 6.10 Å². The smallest absolute Gasteiger partial charge is 0.272 e. The van der Waals surface area contributed by atoms with Crippen LogP contribution in [0.3, 0.4) is 0 Å². The van der Waals surface area contributed by atoms with Gasteiger partial charge in [-0.2, -0.15) is 0 Å². The molecule has 0 radical (unpaired) electrons. The maximum Gasteiger partial charge on any atom is 0.272 e. The van der Waals surface area contributed by atoms with Gasteiger partial charge in [-0.05, 0) is 49.0 Å². The van der Waals surface area contributed by atoms with Crippen molar-refractivity contribution in [1.29, 1.82) is 0 Å². The van der Waals surface area contributed by atoms with E-state index in [1.807, 2.05) is 61.0 Å². The average Bonchev–Trinajstić information content (AvgIpc) is 2.78. The van der Waals surface area contributed by atoms with E-state index in [0.717, 1.165) is 16.4 Å². The summed E-state index contributed by atoms with van der Waals surface area (Å²) in [5, 5.41) is 3.69. The third-order valence-electron chi connectivity index (χ3n) is 5.14. The molecule has 174 valence electrons. The van der Waals surface area contributed by atoms with E-state index in [4.69, 9.17) is 9.47 Å². The first-order valence-electron chi connectivity index (χ1n) is 10.4. The van der Waals surface area contributed by atoms with E-state index in [1.165, 1.54) is 3.11 Å². The number of rotatable bonds is 8. The van der Waals surface area contributed by atoms with Crippen LogP contribution in [-0.4, -0.2) is 40.0 Å². The van der Waals surface area contributed by atoms with E-state index in [-0.39, 0.29) is 30.6 Å². The number of amides is 2. The highest BCUT2D eigenvalue weighted by molar-refractivity contribution is 14.1. The molecule has 0 aromatic heterocycles. The summed E-state index contributed by atoms with van der Waals surface area (Å²) in [7, 11) is 2.62. The van der Waals surface area contributed by atoms with Crippen molar-refractivity contribution >= 4 is 55.0 Å². The molecule has 33 heavy (non-hydrogen) atoms. The minimum atomic E-state index is -0.864. The predicted octanol–water partition coefficient (Wildman–Crippen LogP) is 3.42. The second-order valence-electron chi connectivity index (χ2n) is 7.87. The van der Waals surface area contributed by atoms with Gasteiger partial charge in [0, 0.05) is 18.7 Å². The van der Waals surface area contributed by atoms with Crippen LogP contribution in [0.2, 0.25) is 0 Å². The highest BCUT2D eigenvalue weighted by Crippen LogP contribution is 2.29. The summed E-state index contributed by atoms with van der Waals surface area (Å²) in [5.74, 6) is 0.297. The largest absolute Gasteiger partial charge is 0.484 e. The molecule has 2 aromatic rings. The zero-order chi connectivity index (χ0) is 24.1. The summed E-state index contributed by atoms with van der Waals surface area (Å²) in [4.78, 5) is 37.3. The fraction of sp³-hybridized carbons (Fsp3) is 0.292. The van der Waals surface area contributed by atoms with Crippen LogP contribution in [0.1, 0.15) is 34.3 Å². The van der Waals surface area contributed by atoms with Crippen LogP contribution in [0.5, 0.6) is 11.5 Å². The highest BCUT2D eigenvalue weighted by Gasteiger charge is 2.33. The number of nitrogens with zero attached hydrogens (tertiary/aromatic N) is 1. The number of carbonyl (C=O) groups excluding carboxylic acids is 3. The lowest BCUT2D eigenvalue weighted by atomic mass is 9.98. The van der Waals surface area contributed by atoms with Gasteiger partial charge in [0.15, 0.2) is 18.5 Å². The van der Waals surface area contributed by atoms with Crippen molar-refractivity contribution in [3.63, 3.8) is 0 Å². The Labute approximate surface area is 209 Å². The van der Waals surface area contributed by atoms with Crippen LogP contribution in [0.25, 0.3) is 0 Å². The summed E-state index contributed by atoms with van der Waals surface area (Å²) >= 11 is 1.89. The quantitative estimate of drug-likeness (QED) is 0.294. The van der Waals surface area contributed by atoms with Crippen LogP contribution in [0.15, 0.2) is 48.7 Å². The molecule has 1 aliphatic heterocycles. The zero-order valence-electron chi connectivity index (χ0n) is 18.5. The van der Waals surface area contributed by atoms with Crippen LogP contribution >= 0.6 is 32.1 Å². The van der Waals surface area contributed by atoms with Gasteiger partial charge in [0.25, 0.3) is 11.8 Å². The van der Waals surface area contributed by atoms with E-state index >= 15 is 0 Å². The molecule has 3 rings (SSSR count). The molecule has 0 saturated carbocycles. The minimum Gasteiger partial charge on any atom is -0.484 e. The summed E-state index contributed by atoms with van der Waals surface area (Å²) in [5.41, 5.74) is 3.06. The third-order valence-corrected chi connectivity index (χ3v) is 6.72. The van der Waals surface area contributed by atoms with Crippen LogP contribution in [-0.2, 0) is 9.59 Å². The number of Topliss-reactive ketones (excluding diaryl/α,β-unsaturated/α-hetero) is 1. The Morgan fingerprint density at radius 2 is 2.03 bits per heavy atom. The third kappa shape index (κ3) is 6.77. The second kappa shape index (κ2) is 11.1. The number of aryl methyl sites for hydroxylation is 2. The molecule has 0 fully saturated rings. The van der Waals surface area contributed by atoms with Crippen LogP contribution in [0.4, 0.5) is 0 Å². The Morgan fingerprint density at radius 1 is 1.27 bits per heavy atom. The molecule has 0 saturated heterocycles. The molecule has 0 bridgehead atoms. The molecular formula is C24H26IN2O5P. The average molecular weight is 580 g/mol. The number of ether oxygens (including phenoxy) is 2. The Kier molecular flexibility index (Phi) is 8.48. The Balaban J connectivity index is 1.44. The molecule has 2 amide bonds. The van der Waals surface area contributed by atoms with Crippen molar-refractivity contribution in [1.82, 2.24) is 8.43 Å². The van der Waals surface area contributed by atoms with Gasteiger partial charge in [-0.1, -0.05) is 24.3 Å². The molecule has 2 atom stereocenters. The number of hydrogen-bond donors (Lipinski definition) is 1. The molecule has 1 aliphatic rings. The number of ketones is 1. The lowest BCUT2D eigenvalue weighted by Gasteiger charge is -2.27. The van der Waals surface area contributed by atoms with Crippen molar-refractivity contribution in [2.45, 2.75) is 32.8 Å². The van der Waals surface area contributed by atoms with Crippen molar-refractivity contribution in [3.8, 4) is 11.5 Å². The fourth-order valence-electron chi connectivity index (χ4n) is 3.23. The molecule has 7 nitrogen and oxygen atoms in total. The first kappa shape index (κ1) is 25.2. The number of fused-ring (bicyclic) bond motifs is 1. The van der Waals surface area contributed by atoms with Gasteiger partial charge in [0.1, 0.15) is 11.5 Å². The standard InChI is InChI=1S/C24H26IN2O5P/c1-14-4-7-20-18(10-14)19(28)12-21(32-20)24(30)27(25)9-8-16(3)26-23(29)13-31-17-6-5-15(2)22(33)11-17/h4-7,10-11,21H,3,8-9,12-13,33H2,1-2H3,(H,26,29). The van der Waals surface area contributed by atoms with Gasteiger partial charge >= 0.3 is 0 Å². The maximum absolute atomic E-state index is 12.8. The Morgan fingerprint density at radius 3 is 2.76 bits per heavy atom. The molecule has 2 aromatic carbocycles. The summed E-state index contributed by atoms with van der Waals surface area (Å²) < 4.78 is 12.7. The Bertz CT molecular complexity index is 1100. The maximum atomic E-state index is 12.8. The first-order chi connectivity index (χ1) is 15.6. The SMILES string of the molecule is C=C(CCN(I)C(=O)C1CC(=O)c2cc(C)ccc2O1)NC(=O)COc1ccc(C)c(P)c1. The number of carbonyl (C=O) groups is 3. The fourth-order valence-corrected chi connectivity index (χ4v) is 4.04. The van der Waals surface area contributed by atoms with E-state index in [0.29, 0.717) is 35.7 Å². The molecule has 9 heteroatoms. The van der Waals surface area contributed by atoms with Gasteiger partial charge < -0.3 is 14.8 Å². The van der Waals surface area contributed by atoms with Gasteiger partial charge in [0.2, 0.25) is 0 Å². The van der Waals surface area contributed by atoms with Gasteiger partial charge in [-0.3, -0.25) is 17.5 Å². The van der Waals surface area contributed by atoms with E-state index in [9.17, 15) is 14.4 Å². The summed E-state index contributed by atoms with van der Waals surface area (Å²) in [6, 6.07) is 10.9. The van der Waals surface area contributed by atoms with Crippen LogP contribution in [0, 0.1) is 13.8 Å². The van der Waals surface area contributed by atoms with Crippen molar-refractivity contribution in [3.05, 3.63) is 65.4 Å². The number of benzene rings is 2. The molecule has 1 N–H and O–H groups in total. The zero-order valence-corrected chi connectivity index (χ0v) is 21.8. The van der Waals surface area contributed by atoms with Crippen molar-refractivity contribution in [2.75, 3.05) is 13.2 Å². The van der Waals surface area contributed by atoms with Crippen molar-refractivity contribution in [2.24, 2.45) is 0 Å². The molecule has 0 aliphatic carbocycles. The highest BCUT2D eigenvalue weighted by atomic mass is 127. The topological polar surface area (TPSA) is 84.9 Å². The number of halogens is 1. The summed E-state index contributed by atoms with van der Waals surface area (Å²) in [6.07, 6.45) is -0.505. The lowest BCUT2D eigenvalue weighted by Crippen LogP contribution is -2.41. The van der Waals surface area contributed by atoms with Gasteiger partial charge in [-0.25, -0.2) is 0 Å². The molecule has 1 heterocycles. The van der Waals surface area contributed by atoms with Crippen LogP contribution < -0.4 is 20.1 Å². The summed E-state index contributed by atoms with van der Waals surface area (Å²) in [6.45, 7) is 7.91. The predicted molar refractivity (Wildman–Crippen MR) is 138 cm³/mol. The molecular weight excluding hydrogens is 554 g/mol. The minimum absolute atomic E-state index is 0.000795. The monoisotopic (exact) mass is 580 g/mol. The Hall–Kier alpha value is -2.45. The van der Waals surface area contributed by atoms with Crippen molar-refractivity contribution < 1.29 is 23.9 Å². The first-order valence-corrected chi connectivity index (χ1v) is 11.9. The van der Waals surface area contributed by atoms with E-state index in [1.54, 1.807) is 12.1 Å². The van der Waals surface area contributed by atoms with Gasteiger partial charge in [-0.15, -0.1) is 9.24 Å². The van der Waals surface area contributed by atoms with Gasteiger partial charge in [0.05, 0.1) is 34.8 Å². The molecule has 0 spiro atoms. The number of hydrogen-bond acceptors (Lipinski definition) is 5. The van der Waals surface area contributed by atoms with E-state index in [2.05, 4.69) is 21.1 Å². The number of nitrogens with one attached hydrogen (secondary N) is 1. The second-order valence-corrected chi connectivity index (χ2v) is 9.65.